The molecule has 7 heteroatoms. The number of methoxy groups -OCH3 is 2. The zero-order valence-corrected chi connectivity index (χ0v) is 8.77. The van der Waals surface area contributed by atoms with E-state index in [1.165, 1.54) is 0 Å². The van der Waals surface area contributed by atoms with Crippen LogP contribution in [0.1, 0.15) is 6.42 Å². The number of hydrogen-bond donors (Lipinski definition) is 1. The Labute approximate surface area is 87.1 Å². The van der Waals surface area contributed by atoms with E-state index < -0.39 is 17.6 Å². The fraction of sp³-hybridized carbons (Fsp3) is 0.714. The Bertz CT molecular complexity index is 196. The number of alkyl halides is 1. The van der Waals surface area contributed by atoms with Crippen molar-refractivity contribution in [2.24, 2.45) is 0 Å². The SMILES string of the molecule is COC(=O)C(F)(CC[NH3+])C(=O)OC.[Cl-]. The molecule has 0 saturated heterocycles. The maximum absolute atomic E-state index is 13.6. The van der Waals surface area contributed by atoms with Crippen LogP contribution in [0, 0.1) is 0 Å². The first-order valence-corrected chi connectivity index (χ1v) is 3.68. The van der Waals surface area contributed by atoms with Crippen molar-refractivity contribution in [3.05, 3.63) is 0 Å². The summed E-state index contributed by atoms with van der Waals surface area (Å²) in [7, 11) is 2.01. The van der Waals surface area contributed by atoms with Gasteiger partial charge in [-0.15, -0.1) is 0 Å². The second-order valence-electron chi connectivity index (χ2n) is 2.39. The molecule has 0 bridgehead atoms. The fourth-order valence-electron chi connectivity index (χ4n) is 0.855. The highest BCUT2D eigenvalue weighted by Gasteiger charge is 2.49. The minimum atomic E-state index is -2.72. The van der Waals surface area contributed by atoms with E-state index in [1.54, 1.807) is 0 Å². The van der Waals surface area contributed by atoms with E-state index in [-0.39, 0.29) is 25.4 Å². The molecule has 0 atom stereocenters. The lowest BCUT2D eigenvalue weighted by Crippen LogP contribution is -3.00. The molecule has 3 N–H and O–H groups in total. The maximum atomic E-state index is 13.6. The number of carbonyl (C=O) groups is 2. The number of halogens is 2. The highest BCUT2D eigenvalue weighted by molar-refractivity contribution is 6.03. The fourth-order valence-corrected chi connectivity index (χ4v) is 0.855. The molecule has 5 nitrogen and oxygen atoms in total. The molecule has 0 aliphatic heterocycles. The van der Waals surface area contributed by atoms with Gasteiger partial charge in [-0.2, -0.15) is 0 Å². The molecule has 0 spiro atoms. The number of ether oxygens (including phenoxy) is 2. The van der Waals surface area contributed by atoms with Gasteiger partial charge in [0.2, 0.25) is 0 Å². The van der Waals surface area contributed by atoms with Gasteiger partial charge in [0, 0.05) is 0 Å². The Balaban J connectivity index is 0. The zero-order valence-electron chi connectivity index (χ0n) is 8.01. The summed E-state index contributed by atoms with van der Waals surface area (Å²) < 4.78 is 21.9. The van der Waals surface area contributed by atoms with Crippen LogP contribution in [-0.4, -0.2) is 38.4 Å². The molecule has 0 saturated carbocycles. The molecule has 0 rings (SSSR count). The number of hydrogen-bond acceptors (Lipinski definition) is 4. The summed E-state index contributed by atoms with van der Waals surface area (Å²) in [6, 6.07) is 0. The van der Waals surface area contributed by atoms with Crippen molar-refractivity contribution < 1.29 is 41.6 Å². The standard InChI is InChI=1S/C7H12FNO4.ClH/c1-12-5(10)7(8,3-4-9)6(11)13-2;/h3-4,9H2,1-2H3;1H. The predicted octanol–water partition coefficient (Wildman–Crippen LogP) is -4.32. The molecule has 0 unspecified atom stereocenters. The molecule has 14 heavy (non-hydrogen) atoms. The molecular formula is C7H13ClFNO4. The van der Waals surface area contributed by atoms with Crippen LogP contribution in [-0.2, 0) is 19.1 Å². The van der Waals surface area contributed by atoms with E-state index in [0.29, 0.717) is 0 Å². The van der Waals surface area contributed by atoms with Crippen molar-refractivity contribution in [2.45, 2.75) is 12.1 Å². The Kier molecular flexibility index (Phi) is 7.30. The minimum Gasteiger partial charge on any atom is -1.00 e. The van der Waals surface area contributed by atoms with E-state index in [1.807, 2.05) is 0 Å². The molecular weight excluding hydrogens is 217 g/mol. The second-order valence-corrected chi connectivity index (χ2v) is 2.39. The van der Waals surface area contributed by atoms with Crippen molar-refractivity contribution >= 4 is 11.9 Å². The zero-order chi connectivity index (χ0) is 10.5. The summed E-state index contributed by atoms with van der Waals surface area (Å²) in [5, 5.41) is 0. The van der Waals surface area contributed by atoms with Crippen LogP contribution in [0.15, 0.2) is 0 Å². The van der Waals surface area contributed by atoms with E-state index in [9.17, 15) is 14.0 Å². The lowest BCUT2D eigenvalue weighted by atomic mass is 10.0. The molecule has 0 aromatic rings. The Hall–Kier alpha value is -0.880. The highest BCUT2D eigenvalue weighted by atomic mass is 35.5. The molecule has 0 fully saturated rings. The number of rotatable bonds is 4. The van der Waals surface area contributed by atoms with Gasteiger partial charge < -0.3 is 27.6 Å². The van der Waals surface area contributed by atoms with Crippen LogP contribution in [0.5, 0.6) is 0 Å². The van der Waals surface area contributed by atoms with E-state index in [2.05, 4.69) is 15.2 Å². The Morgan fingerprint density at radius 3 is 1.86 bits per heavy atom. The summed E-state index contributed by atoms with van der Waals surface area (Å²) in [6.07, 6.45) is -0.341. The van der Waals surface area contributed by atoms with Gasteiger partial charge >= 0.3 is 17.6 Å². The first-order valence-electron chi connectivity index (χ1n) is 3.68. The highest BCUT2D eigenvalue weighted by Crippen LogP contribution is 2.19. The van der Waals surface area contributed by atoms with Crippen LogP contribution in [0.25, 0.3) is 0 Å². The second kappa shape index (κ2) is 6.56. The predicted molar refractivity (Wildman–Crippen MR) is 40.2 cm³/mol. The van der Waals surface area contributed by atoms with Crippen LogP contribution >= 0.6 is 0 Å². The Morgan fingerprint density at radius 2 is 1.64 bits per heavy atom. The third kappa shape index (κ3) is 3.12. The first-order chi connectivity index (χ1) is 6.02. The van der Waals surface area contributed by atoms with Crippen molar-refractivity contribution in [1.82, 2.24) is 0 Å². The molecule has 0 heterocycles. The van der Waals surface area contributed by atoms with Gasteiger partial charge in [0.25, 0.3) is 0 Å². The van der Waals surface area contributed by atoms with Crippen molar-refractivity contribution in [3.63, 3.8) is 0 Å². The average molecular weight is 230 g/mol. The van der Waals surface area contributed by atoms with Crippen LogP contribution in [0.3, 0.4) is 0 Å². The van der Waals surface area contributed by atoms with Gasteiger partial charge in [-0.05, 0) is 0 Å². The summed E-state index contributed by atoms with van der Waals surface area (Å²) in [4.78, 5) is 21.8. The molecule has 0 aliphatic carbocycles. The lowest BCUT2D eigenvalue weighted by molar-refractivity contribution is -0.371. The van der Waals surface area contributed by atoms with Gasteiger partial charge in [0.05, 0.1) is 27.2 Å². The molecule has 0 aromatic heterocycles. The smallest absolute Gasteiger partial charge is 0.355 e. The van der Waals surface area contributed by atoms with Crippen molar-refractivity contribution in [2.75, 3.05) is 20.8 Å². The molecule has 0 aromatic carbocycles. The first kappa shape index (κ1) is 15.6. The minimum absolute atomic E-state index is 0. The van der Waals surface area contributed by atoms with Gasteiger partial charge in [-0.3, -0.25) is 0 Å². The normalized spacial score (nSPS) is 10.0. The lowest BCUT2D eigenvalue weighted by Gasteiger charge is -2.17. The van der Waals surface area contributed by atoms with E-state index >= 15 is 0 Å². The van der Waals surface area contributed by atoms with Crippen molar-refractivity contribution in [3.8, 4) is 0 Å². The summed E-state index contributed by atoms with van der Waals surface area (Å²) in [5.74, 6) is -2.49. The Morgan fingerprint density at radius 1 is 1.29 bits per heavy atom. The topological polar surface area (TPSA) is 80.2 Å². The largest absolute Gasteiger partial charge is 1.00 e. The quantitative estimate of drug-likeness (QED) is 0.391. The number of quaternary nitrogens is 1. The summed E-state index contributed by atoms with van der Waals surface area (Å²) >= 11 is 0. The molecule has 84 valence electrons. The monoisotopic (exact) mass is 229 g/mol. The van der Waals surface area contributed by atoms with E-state index in [4.69, 9.17) is 0 Å². The van der Waals surface area contributed by atoms with Gasteiger partial charge in [-0.25, -0.2) is 14.0 Å². The third-order valence-corrected chi connectivity index (χ3v) is 1.54. The molecule has 0 amide bonds. The van der Waals surface area contributed by atoms with Gasteiger partial charge in [0.15, 0.2) is 0 Å². The van der Waals surface area contributed by atoms with Gasteiger partial charge in [0.1, 0.15) is 0 Å². The average Bonchev–Trinajstić information content (AvgIpc) is 2.15. The van der Waals surface area contributed by atoms with Crippen LogP contribution < -0.4 is 18.1 Å². The number of carbonyl (C=O) groups excluding carboxylic acids is 2. The van der Waals surface area contributed by atoms with E-state index in [0.717, 1.165) is 14.2 Å². The summed E-state index contributed by atoms with van der Waals surface area (Å²) in [6.45, 7) is 0.0979. The number of esters is 2. The molecule has 0 aliphatic rings. The third-order valence-electron chi connectivity index (χ3n) is 1.54. The van der Waals surface area contributed by atoms with Gasteiger partial charge in [-0.1, -0.05) is 0 Å². The van der Waals surface area contributed by atoms with Crippen molar-refractivity contribution in [1.29, 1.82) is 0 Å². The maximum Gasteiger partial charge on any atom is 0.355 e. The van der Waals surface area contributed by atoms with Crippen LogP contribution in [0.2, 0.25) is 0 Å². The summed E-state index contributed by atoms with van der Waals surface area (Å²) in [5.41, 5.74) is 0.632. The molecule has 0 radical (unpaired) electrons. The van der Waals surface area contributed by atoms with Crippen LogP contribution in [0.4, 0.5) is 4.39 Å².